The van der Waals surface area contributed by atoms with Gasteiger partial charge in [-0.1, -0.05) is 30.3 Å². The second kappa shape index (κ2) is 4.22. The number of benzene rings is 1. The van der Waals surface area contributed by atoms with Crippen LogP contribution in [-0.4, -0.2) is 9.13 Å². The third kappa shape index (κ3) is 2.14. The van der Waals surface area contributed by atoms with Crippen molar-refractivity contribution < 1.29 is 0 Å². The highest BCUT2D eigenvalue weighted by Crippen LogP contribution is 2.04. The van der Waals surface area contributed by atoms with Gasteiger partial charge in [-0.05, 0) is 28.2 Å². The normalized spacial score (nSPS) is 10.5. The second-order valence-corrected chi connectivity index (χ2v) is 4.51. The van der Waals surface area contributed by atoms with Gasteiger partial charge in [0.2, 0.25) is 0 Å². The quantitative estimate of drug-likeness (QED) is 0.777. The van der Waals surface area contributed by atoms with Crippen LogP contribution in [0.2, 0.25) is 0 Å². The molecule has 1 heterocycles. The summed E-state index contributed by atoms with van der Waals surface area (Å²) in [6, 6.07) is 9.97. The Labute approximate surface area is 101 Å². The zero-order chi connectivity index (χ0) is 10.8. The van der Waals surface area contributed by atoms with Crippen LogP contribution in [0.15, 0.2) is 41.3 Å². The fraction of sp³-hybridized carbons (Fsp3) is 0.182. The lowest BCUT2D eigenvalue weighted by atomic mass is 10.2. The number of rotatable bonds is 2. The average molecular weight is 314 g/mol. The van der Waals surface area contributed by atoms with Crippen LogP contribution in [0.3, 0.4) is 0 Å². The Morgan fingerprint density at radius 2 is 1.93 bits per heavy atom. The highest BCUT2D eigenvalue weighted by molar-refractivity contribution is 14.1. The van der Waals surface area contributed by atoms with Crippen molar-refractivity contribution in [1.29, 1.82) is 0 Å². The van der Waals surface area contributed by atoms with Gasteiger partial charge in [-0.2, -0.15) is 0 Å². The number of hydrogen-bond acceptors (Lipinski definition) is 1. The van der Waals surface area contributed by atoms with E-state index in [2.05, 4.69) is 22.6 Å². The van der Waals surface area contributed by atoms with E-state index in [9.17, 15) is 4.79 Å². The lowest BCUT2D eigenvalue weighted by molar-refractivity contribution is 0.715. The van der Waals surface area contributed by atoms with Crippen LogP contribution in [-0.2, 0) is 13.6 Å². The van der Waals surface area contributed by atoms with Crippen molar-refractivity contribution >= 4 is 22.6 Å². The summed E-state index contributed by atoms with van der Waals surface area (Å²) in [5.41, 5.74) is 1.17. The van der Waals surface area contributed by atoms with Gasteiger partial charge in [-0.15, -0.1) is 0 Å². The van der Waals surface area contributed by atoms with Crippen LogP contribution < -0.4 is 5.69 Å². The first-order chi connectivity index (χ1) is 7.18. The molecule has 4 heteroatoms. The molecule has 0 radical (unpaired) electrons. The maximum absolute atomic E-state index is 11.7. The van der Waals surface area contributed by atoms with Crippen molar-refractivity contribution in [3.63, 3.8) is 0 Å². The molecule has 3 nitrogen and oxygen atoms in total. The molecule has 0 aliphatic rings. The van der Waals surface area contributed by atoms with E-state index in [4.69, 9.17) is 0 Å². The molecule has 0 unspecified atom stereocenters. The van der Waals surface area contributed by atoms with Gasteiger partial charge in [0, 0.05) is 13.2 Å². The fourth-order valence-corrected chi connectivity index (χ4v) is 1.99. The zero-order valence-corrected chi connectivity index (χ0v) is 10.5. The van der Waals surface area contributed by atoms with Crippen LogP contribution in [0.1, 0.15) is 5.56 Å². The highest BCUT2D eigenvalue weighted by Gasteiger charge is 2.05. The first-order valence-electron chi connectivity index (χ1n) is 4.64. The second-order valence-electron chi connectivity index (χ2n) is 3.41. The Hall–Kier alpha value is -1.04. The molecule has 78 valence electrons. The van der Waals surface area contributed by atoms with E-state index in [1.165, 1.54) is 0 Å². The molecule has 0 saturated heterocycles. The molecule has 0 fully saturated rings. The van der Waals surface area contributed by atoms with Gasteiger partial charge in [0.1, 0.15) is 3.70 Å². The topological polar surface area (TPSA) is 26.9 Å². The smallest absolute Gasteiger partial charge is 0.294 e. The van der Waals surface area contributed by atoms with Crippen molar-refractivity contribution in [2.45, 2.75) is 6.54 Å². The first-order valence-corrected chi connectivity index (χ1v) is 5.72. The van der Waals surface area contributed by atoms with E-state index in [0.29, 0.717) is 6.54 Å². The first kappa shape index (κ1) is 10.5. The number of aromatic nitrogens is 2. The zero-order valence-electron chi connectivity index (χ0n) is 8.35. The van der Waals surface area contributed by atoms with Crippen LogP contribution in [0, 0.1) is 3.70 Å². The third-order valence-electron chi connectivity index (χ3n) is 2.31. The van der Waals surface area contributed by atoms with Gasteiger partial charge in [-0.3, -0.25) is 9.13 Å². The molecule has 2 rings (SSSR count). The number of hydrogen-bond donors (Lipinski definition) is 0. The van der Waals surface area contributed by atoms with Crippen LogP contribution in [0.25, 0.3) is 0 Å². The van der Waals surface area contributed by atoms with Crippen molar-refractivity contribution in [2.24, 2.45) is 7.05 Å². The summed E-state index contributed by atoms with van der Waals surface area (Å²) < 4.78 is 4.31. The fourth-order valence-electron chi connectivity index (χ4n) is 1.45. The summed E-state index contributed by atoms with van der Waals surface area (Å²) in [5, 5.41) is 0. The van der Waals surface area contributed by atoms with Gasteiger partial charge in [0.05, 0.1) is 6.54 Å². The molecule has 2 aromatic rings. The average Bonchev–Trinajstić information content (AvgIpc) is 2.48. The Kier molecular flexibility index (Phi) is 2.95. The highest BCUT2D eigenvalue weighted by atomic mass is 127. The Bertz CT molecular complexity index is 513. The van der Waals surface area contributed by atoms with E-state index >= 15 is 0 Å². The summed E-state index contributed by atoms with van der Waals surface area (Å²) in [6.07, 6.45) is 1.87. The molecule has 0 N–H and O–H groups in total. The lowest BCUT2D eigenvalue weighted by Gasteiger charge is -2.00. The largest absolute Gasteiger partial charge is 0.329 e. The minimum atomic E-state index is 0.0308. The monoisotopic (exact) mass is 314 g/mol. The molecule has 1 aromatic carbocycles. The molecular formula is C11H11IN2O. The Morgan fingerprint density at radius 3 is 2.47 bits per heavy atom. The minimum absolute atomic E-state index is 0.0308. The molecule has 0 bridgehead atoms. The van der Waals surface area contributed by atoms with Crippen LogP contribution in [0.4, 0.5) is 0 Å². The summed E-state index contributed by atoms with van der Waals surface area (Å²) in [5.74, 6) is 0. The van der Waals surface area contributed by atoms with Crippen molar-refractivity contribution in [2.75, 3.05) is 0 Å². The summed E-state index contributed by atoms with van der Waals surface area (Å²) in [7, 11) is 1.78. The number of imidazole rings is 1. The van der Waals surface area contributed by atoms with E-state index in [1.54, 1.807) is 16.2 Å². The van der Waals surface area contributed by atoms with Crippen molar-refractivity contribution in [1.82, 2.24) is 9.13 Å². The molecule has 0 amide bonds. The van der Waals surface area contributed by atoms with E-state index in [0.717, 1.165) is 9.26 Å². The van der Waals surface area contributed by atoms with Crippen molar-refractivity contribution in [3.8, 4) is 0 Å². The molecular weight excluding hydrogens is 303 g/mol. The van der Waals surface area contributed by atoms with Gasteiger partial charge in [-0.25, -0.2) is 4.79 Å². The Balaban J connectivity index is 2.33. The summed E-state index contributed by atoms with van der Waals surface area (Å²) in [4.78, 5) is 11.7. The lowest BCUT2D eigenvalue weighted by Crippen LogP contribution is -2.22. The molecule has 1 aromatic heterocycles. The number of halogens is 1. The molecule has 0 atom stereocenters. The SMILES string of the molecule is Cn1c(I)cn(Cc2ccccc2)c1=O. The van der Waals surface area contributed by atoms with Gasteiger partial charge >= 0.3 is 5.69 Å². The summed E-state index contributed by atoms with van der Waals surface area (Å²) >= 11 is 2.16. The predicted molar refractivity (Wildman–Crippen MR) is 67.9 cm³/mol. The molecule has 0 spiro atoms. The predicted octanol–water partition coefficient (Wildman–Crippen LogP) is 1.84. The van der Waals surface area contributed by atoms with E-state index in [1.807, 2.05) is 36.5 Å². The van der Waals surface area contributed by atoms with Crippen LogP contribution in [0.5, 0.6) is 0 Å². The van der Waals surface area contributed by atoms with Gasteiger partial charge in [0.15, 0.2) is 0 Å². The summed E-state index contributed by atoms with van der Waals surface area (Å²) in [6.45, 7) is 0.635. The van der Waals surface area contributed by atoms with E-state index in [-0.39, 0.29) is 5.69 Å². The molecule has 15 heavy (non-hydrogen) atoms. The minimum Gasteiger partial charge on any atom is -0.294 e. The third-order valence-corrected chi connectivity index (χ3v) is 3.31. The number of nitrogens with zero attached hydrogens (tertiary/aromatic N) is 2. The van der Waals surface area contributed by atoms with Crippen molar-refractivity contribution in [3.05, 3.63) is 56.3 Å². The van der Waals surface area contributed by atoms with Gasteiger partial charge < -0.3 is 0 Å². The van der Waals surface area contributed by atoms with Gasteiger partial charge in [0.25, 0.3) is 0 Å². The maximum Gasteiger partial charge on any atom is 0.329 e. The molecule has 0 saturated carbocycles. The van der Waals surface area contributed by atoms with E-state index < -0.39 is 0 Å². The standard InChI is InChI=1S/C11H11IN2O/c1-13-10(12)8-14(11(13)15)7-9-5-3-2-4-6-9/h2-6,8H,7H2,1H3. The Morgan fingerprint density at radius 1 is 1.27 bits per heavy atom. The van der Waals surface area contributed by atoms with Crippen LogP contribution >= 0.6 is 22.6 Å². The molecule has 0 aliphatic heterocycles. The molecule has 0 aliphatic carbocycles. The maximum atomic E-state index is 11.7.